The Balaban J connectivity index is 1.47. The Bertz CT molecular complexity index is 1060. The van der Waals surface area contributed by atoms with Crippen molar-refractivity contribution >= 4 is 45.1 Å². The standard InChI is InChI=1S/C21H21BrN6O2/c1-30-12-19(29)25-17-3-2-4-18(10-17)26-20-23-13-24-21(27-20)28-8-7-14-9-16(22)6-5-15(14)11-28/h2-6,9-10,13H,7-8,11-12H2,1H3,(H,25,29)(H,23,24,26,27). The van der Waals surface area contributed by atoms with Gasteiger partial charge in [0.1, 0.15) is 12.9 Å². The fourth-order valence-corrected chi connectivity index (χ4v) is 3.73. The fourth-order valence-electron chi connectivity index (χ4n) is 3.32. The summed E-state index contributed by atoms with van der Waals surface area (Å²) in [6.45, 7) is 1.60. The van der Waals surface area contributed by atoms with Gasteiger partial charge in [-0.3, -0.25) is 4.79 Å². The molecule has 1 aromatic heterocycles. The van der Waals surface area contributed by atoms with Crippen molar-refractivity contribution in [1.82, 2.24) is 15.0 Å². The van der Waals surface area contributed by atoms with Crippen LogP contribution >= 0.6 is 15.9 Å². The van der Waals surface area contributed by atoms with Gasteiger partial charge in [-0.15, -0.1) is 0 Å². The highest BCUT2D eigenvalue weighted by Gasteiger charge is 2.19. The third-order valence-corrected chi connectivity index (χ3v) is 5.19. The monoisotopic (exact) mass is 468 g/mol. The lowest BCUT2D eigenvalue weighted by Crippen LogP contribution is -2.32. The lowest BCUT2D eigenvalue weighted by molar-refractivity contribution is -0.119. The predicted octanol–water partition coefficient (Wildman–Crippen LogP) is 3.53. The van der Waals surface area contributed by atoms with Crippen LogP contribution in [0, 0.1) is 0 Å². The van der Waals surface area contributed by atoms with Crippen molar-refractivity contribution in [2.24, 2.45) is 0 Å². The largest absolute Gasteiger partial charge is 0.375 e. The number of benzene rings is 2. The van der Waals surface area contributed by atoms with E-state index < -0.39 is 0 Å². The number of rotatable bonds is 6. The molecular formula is C21H21BrN6O2. The average Bonchev–Trinajstić information content (AvgIpc) is 2.74. The molecule has 0 spiro atoms. The highest BCUT2D eigenvalue weighted by atomic mass is 79.9. The first kappa shape index (κ1) is 20.2. The molecular weight excluding hydrogens is 448 g/mol. The molecule has 8 nitrogen and oxygen atoms in total. The van der Waals surface area contributed by atoms with Crippen molar-refractivity contribution in [2.45, 2.75) is 13.0 Å². The number of halogens is 1. The normalized spacial score (nSPS) is 12.9. The molecule has 0 atom stereocenters. The maximum Gasteiger partial charge on any atom is 0.250 e. The molecule has 0 radical (unpaired) electrons. The van der Waals surface area contributed by atoms with Gasteiger partial charge in [-0.1, -0.05) is 28.1 Å². The second kappa shape index (κ2) is 9.19. The van der Waals surface area contributed by atoms with Gasteiger partial charge in [-0.2, -0.15) is 4.98 Å². The number of anilines is 4. The minimum absolute atomic E-state index is 0.00436. The summed E-state index contributed by atoms with van der Waals surface area (Å²) in [5.41, 5.74) is 4.05. The molecule has 0 saturated heterocycles. The molecule has 0 unspecified atom stereocenters. The molecule has 2 heterocycles. The van der Waals surface area contributed by atoms with Gasteiger partial charge in [0.25, 0.3) is 0 Å². The highest BCUT2D eigenvalue weighted by molar-refractivity contribution is 9.10. The fraction of sp³-hybridized carbons (Fsp3) is 0.238. The minimum atomic E-state index is -0.213. The number of ether oxygens (including phenoxy) is 1. The third-order valence-electron chi connectivity index (χ3n) is 4.70. The topological polar surface area (TPSA) is 92.3 Å². The van der Waals surface area contributed by atoms with Crippen LogP contribution in [-0.2, 0) is 22.5 Å². The molecule has 9 heteroatoms. The lowest BCUT2D eigenvalue weighted by atomic mass is 10.0. The lowest BCUT2D eigenvalue weighted by Gasteiger charge is -2.29. The van der Waals surface area contributed by atoms with E-state index in [1.807, 2.05) is 18.2 Å². The van der Waals surface area contributed by atoms with E-state index in [0.717, 1.165) is 29.7 Å². The Kier molecular flexibility index (Phi) is 6.20. The van der Waals surface area contributed by atoms with Gasteiger partial charge in [-0.25, -0.2) is 9.97 Å². The number of fused-ring (bicyclic) bond motifs is 1. The number of nitrogens with one attached hydrogen (secondary N) is 2. The van der Waals surface area contributed by atoms with Crippen molar-refractivity contribution < 1.29 is 9.53 Å². The van der Waals surface area contributed by atoms with Gasteiger partial charge < -0.3 is 20.3 Å². The minimum Gasteiger partial charge on any atom is -0.375 e. The maximum absolute atomic E-state index is 11.7. The summed E-state index contributed by atoms with van der Waals surface area (Å²) in [5, 5.41) is 5.95. The summed E-state index contributed by atoms with van der Waals surface area (Å²) in [4.78, 5) is 27.0. The maximum atomic E-state index is 11.7. The van der Waals surface area contributed by atoms with Crippen LogP contribution in [0.3, 0.4) is 0 Å². The molecule has 3 aromatic rings. The molecule has 4 rings (SSSR count). The Morgan fingerprint density at radius 2 is 2.03 bits per heavy atom. The Hall–Kier alpha value is -3.04. The zero-order valence-corrected chi connectivity index (χ0v) is 18.0. The molecule has 1 amide bonds. The van der Waals surface area contributed by atoms with Crippen LogP contribution in [0.5, 0.6) is 0 Å². The summed E-state index contributed by atoms with van der Waals surface area (Å²) < 4.78 is 5.94. The van der Waals surface area contributed by atoms with Crippen molar-refractivity contribution in [3.63, 3.8) is 0 Å². The van der Waals surface area contributed by atoms with E-state index in [1.54, 1.807) is 6.07 Å². The zero-order valence-electron chi connectivity index (χ0n) is 16.4. The number of carbonyl (C=O) groups excluding carboxylic acids is 1. The van der Waals surface area contributed by atoms with Crippen molar-refractivity contribution in [1.29, 1.82) is 0 Å². The van der Waals surface area contributed by atoms with E-state index >= 15 is 0 Å². The number of methoxy groups -OCH3 is 1. The first-order valence-corrected chi connectivity index (χ1v) is 10.3. The van der Waals surface area contributed by atoms with Gasteiger partial charge >= 0.3 is 0 Å². The summed E-state index contributed by atoms with van der Waals surface area (Å²) in [7, 11) is 1.48. The first-order chi connectivity index (χ1) is 14.6. The molecule has 154 valence electrons. The van der Waals surface area contributed by atoms with E-state index in [2.05, 4.69) is 64.6 Å². The van der Waals surface area contributed by atoms with Gasteiger partial charge in [0.05, 0.1) is 0 Å². The van der Waals surface area contributed by atoms with Crippen LogP contribution in [0.25, 0.3) is 0 Å². The number of nitrogens with zero attached hydrogens (tertiary/aromatic N) is 4. The number of aromatic nitrogens is 3. The quantitative estimate of drug-likeness (QED) is 0.571. The first-order valence-electron chi connectivity index (χ1n) is 9.48. The highest BCUT2D eigenvalue weighted by Crippen LogP contribution is 2.25. The molecule has 0 fully saturated rings. The van der Waals surface area contributed by atoms with Crippen molar-refractivity contribution in [3.8, 4) is 0 Å². The molecule has 1 aliphatic rings. The van der Waals surface area contributed by atoms with Crippen LogP contribution in [0.1, 0.15) is 11.1 Å². The predicted molar refractivity (Wildman–Crippen MR) is 119 cm³/mol. The number of hydrogen-bond acceptors (Lipinski definition) is 7. The van der Waals surface area contributed by atoms with E-state index in [0.29, 0.717) is 17.6 Å². The van der Waals surface area contributed by atoms with Crippen LogP contribution in [-0.4, -0.2) is 41.1 Å². The summed E-state index contributed by atoms with van der Waals surface area (Å²) in [5.74, 6) is 0.863. The van der Waals surface area contributed by atoms with E-state index in [1.165, 1.54) is 24.6 Å². The number of amides is 1. The molecule has 30 heavy (non-hydrogen) atoms. The van der Waals surface area contributed by atoms with Crippen LogP contribution in [0.15, 0.2) is 53.3 Å². The van der Waals surface area contributed by atoms with E-state index in [-0.39, 0.29) is 12.5 Å². The van der Waals surface area contributed by atoms with E-state index in [4.69, 9.17) is 4.74 Å². The molecule has 0 aliphatic carbocycles. The Morgan fingerprint density at radius 3 is 2.90 bits per heavy atom. The van der Waals surface area contributed by atoms with E-state index in [9.17, 15) is 4.79 Å². The van der Waals surface area contributed by atoms with Crippen molar-refractivity contribution in [3.05, 3.63) is 64.4 Å². The SMILES string of the molecule is COCC(=O)Nc1cccc(Nc2ncnc(N3CCc4cc(Br)ccc4C3)n2)c1. The van der Waals surface area contributed by atoms with Gasteiger partial charge in [0.2, 0.25) is 17.8 Å². The van der Waals surface area contributed by atoms with Crippen LogP contribution < -0.4 is 15.5 Å². The Labute approximate surface area is 182 Å². The van der Waals surface area contributed by atoms with Gasteiger partial charge in [0.15, 0.2) is 0 Å². The smallest absolute Gasteiger partial charge is 0.250 e. The van der Waals surface area contributed by atoms with Crippen LogP contribution in [0.4, 0.5) is 23.3 Å². The molecule has 2 N–H and O–H groups in total. The second-order valence-corrected chi connectivity index (χ2v) is 7.80. The summed E-state index contributed by atoms with van der Waals surface area (Å²) >= 11 is 3.53. The molecule has 0 bridgehead atoms. The summed E-state index contributed by atoms with van der Waals surface area (Å²) in [6, 6.07) is 13.7. The van der Waals surface area contributed by atoms with Crippen LogP contribution in [0.2, 0.25) is 0 Å². The molecule has 1 aliphatic heterocycles. The number of carbonyl (C=O) groups is 1. The summed E-state index contributed by atoms with van der Waals surface area (Å²) in [6.07, 6.45) is 2.44. The molecule has 2 aromatic carbocycles. The second-order valence-electron chi connectivity index (χ2n) is 6.88. The third kappa shape index (κ3) is 4.92. The Morgan fingerprint density at radius 1 is 1.17 bits per heavy atom. The van der Waals surface area contributed by atoms with Gasteiger partial charge in [-0.05, 0) is 47.9 Å². The molecule has 0 saturated carbocycles. The average molecular weight is 469 g/mol. The van der Waals surface area contributed by atoms with Gasteiger partial charge in [0, 0.05) is 36.0 Å². The zero-order chi connectivity index (χ0) is 20.9. The van der Waals surface area contributed by atoms with Crippen molar-refractivity contribution in [2.75, 3.05) is 35.8 Å². The number of hydrogen-bond donors (Lipinski definition) is 2.